The van der Waals surface area contributed by atoms with Gasteiger partial charge in [0.25, 0.3) is 0 Å². The van der Waals surface area contributed by atoms with Gasteiger partial charge in [0.2, 0.25) is 0 Å². The van der Waals surface area contributed by atoms with E-state index < -0.39 is 0 Å². The van der Waals surface area contributed by atoms with Crippen LogP contribution in [0.25, 0.3) is 0 Å². The maximum absolute atomic E-state index is 9.55. The second-order valence-electron chi connectivity index (χ2n) is 3.63. The Balaban J connectivity index is 1.90. The van der Waals surface area contributed by atoms with Gasteiger partial charge in [-0.1, -0.05) is 0 Å². The van der Waals surface area contributed by atoms with Gasteiger partial charge in [-0.2, -0.15) is 0 Å². The van der Waals surface area contributed by atoms with Gasteiger partial charge in [-0.25, -0.2) is 4.98 Å². The highest BCUT2D eigenvalue weighted by Crippen LogP contribution is 2.01. The highest BCUT2D eigenvalue weighted by atomic mass is 16.3. The number of hydrogen-bond donors (Lipinski definition) is 3. The van der Waals surface area contributed by atoms with Crippen LogP contribution in [-0.2, 0) is 6.54 Å². The molecule has 2 heterocycles. The molecule has 1 unspecified atom stereocenters. The van der Waals surface area contributed by atoms with E-state index in [1.807, 2.05) is 6.20 Å². The fourth-order valence-electron chi connectivity index (χ4n) is 1.70. The molecule has 2 rings (SSSR count). The summed E-state index contributed by atoms with van der Waals surface area (Å²) in [5.41, 5.74) is 0. The van der Waals surface area contributed by atoms with E-state index in [2.05, 4.69) is 20.2 Å². The Morgan fingerprint density at radius 2 is 2.57 bits per heavy atom. The third kappa shape index (κ3) is 2.54. The average Bonchev–Trinajstić information content (AvgIpc) is 2.56. The normalized spacial score (nSPS) is 24.8. The molecule has 0 amide bonds. The van der Waals surface area contributed by atoms with Gasteiger partial charge < -0.3 is 15.4 Å². The molecule has 78 valence electrons. The molecular weight excluding hydrogens is 180 g/mol. The number of rotatable bonds is 2. The lowest BCUT2D eigenvalue weighted by atomic mass is 10.3. The Bertz CT molecular complexity index is 262. The molecule has 5 nitrogen and oxygen atoms in total. The second kappa shape index (κ2) is 4.54. The van der Waals surface area contributed by atoms with Crippen LogP contribution < -0.4 is 5.32 Å². The van der Waals surface area contributed by atoms with Crippen molar-refractivity contribution in [3.63, 3.8) is 0 Å². The fourth-order valence-corrected chi connectivity index (χ4v) is 1.70. The molecule has 3 N–H and O–H groups in total. The number of H-pyrrole nitrogens is 1. The highest BCUT2D eigenvalue weighted by Gasteiger charge is 2.15. The predicted molar refractivity (Wildman–Crippen MR) is 52.7 cm³/mol. The lowest BCUT2D eigenvalue weighted by Gasteiger charge is -2.19. The maximum Gasteiger partial charge on any atom is 0.120 e. The summed E-state index contributed by atoms with van der Waals surface area (Å²) in [6.07, 6.45) is 3.30. The minimum absolute atomic E-state index is 0.271. The molecule has 1 saturated heterocycles. The van der Waals surface area contributed by atoms with Crippen LogP contribution in [0.1, 0.15) is 5.82 Å². The number of imidazole rings is 1. The quantitative estimate of drug-likeness (QED) is 0.578. The standard InChI is InChI=1S/C9H16N4O/c14-8-5-10-3-4-13(6-8)7-9-11-1-2-12-9/h1-2,8,10,14H,3-7H2,(H,11,12). The number of hydrogen-bond acceptors (Lipinski definition) is 4. The Labute approximate surface area is 83.1 Å². The van der Waals surface area contributed by atoms with Gasteiger partial charge in [0.1, 0.15) is 5.82 Å². The van der Waals surface area contributed by atoms with Crippen molar-refractivity contribution in [1.82, 2.24) is 20.2 Å². The lowest BCUT2D eigenvalue weighted by molar-refractivity contribution is 0.126. The first-order valence-electron chi connectivity index (χ1n) is 4.94. The van der Waals surface area contributed by atoms with E-state index in [4.69, 9.17) is 0 Å². The summed E-state index contributed by atoms with van der Waals surface area (Å²) in [5, 5.41) is 12.7. The minimum atomic E-state index is -0.271. The number of nitrogens with one attached hydrogen (secondary N) is 2. The number of aromatic nitrogens is 2. The molecule has 1 aromatic rings. The largest absolute Gasteiger partial charge is 0.390 e. The molecule has 1 aromatic heterocycles. The smallest absolute Gasteiger partial charge is 0.120 e. The molecule has 0 bridgehead atoms. The van der Waals surface area contributed by atoms with E-state index in [9.17, 15) is 5.11 Å². The second-order valence-corrected chi connectivity index (χ2v) is 3.63. The van der Waals surface area contributed by atoms with Gasteiger partial charge in [0.15, 0.2) is 0 Å². The summed E-state index contributed by atoms with van der Waals surface area (Å²) in [6.45, 7) is 4.07. The van der Waals surface area contributed by atoms with Gasteiger partial charge in [-0.15, -0.1) is 0 Å². The van der Waals surface area contributed by atoms with E-state index >= 15 is 0 Å². The van der Waals surface area contributed by atoms with E-state index in [0.29, 0.717) is 13.1 Å². The van der Waals surface area contributed by atoms with Crippen LogP contribution >= 0.6 is 0 Å². The number of β-amino-alcohol motifs (C(OH)–C–C–N with tert-alkyl or cyclic N) is 1. The minimum Gasteiger partial charge on any atom is -0.390 e. The Hall–Kier alpha value is -0.910. The Morgan fingerprint density at radius 3 is 3.36 bits per heavy atom. The summed E-state index contributed by atoms with van der Waals surface area (Å²) < 4.78 is 0. The van der Waals surface area contributed by atoms with Gasteiger partial charge in [0, 0.05) is 38.6 Å². The van der Waals surface area contributed by atoms with Crippen molar-refractivity contribution in [3.8, 4) is 0 Å². The van der Waals surface area contributed by atoms with Gasteiger partial charge in [-0.05, 0) is 0 Å². The molecule has 1 aliphatic rings. The monoisotopic (exact) mass is 196 g/mol. The zero-order valence-electron chi connectivity index (χ0n) is 8.11. The topological polar surface area (TPSA) is 64.2 Å². The van der Waals surface area contributed by atoms with E-state index in [1.54, 1.807) is 6.20 Å². The van der Waals surface area contributed by atoms with Crippen LogP contribution in [-0.4, -0.2) is 52.3 Å². The third-order valence-electron chi connectivity index (χ3n) is 2.38. The van der Waals surface area contributed by atoms with Crippen LogP contribution in [0.2, 0.25) is 0 Å². The molecule has 1 aliphatic heterocycles. The fraction of sp³-hybridized carbons (Fsp3) is 0.667. The number of aliphatic hydroxyl groups is 1. The van der Waals surface area contributed by atoms with Crippen LogP contribution in [0.4, 0.5) is 0 Å². The average molecular weight is 196 g/mol. The molecule has 14 heavy (non-hydrogen) atoms. The Kier molecular flexibility index (Phi) is 3.13. The van der Waals surface area contributed by atoms with Crippen molar-refractivity contribution in [3.05, 3.63) is 18.2 Å². The highest BCUT2D eigenvalue weighted by molar-refractivity contribution is 4.88. The van der Waals surface area contributed by atoms with E-state index in [0.717, 1.165) is 25.5 Å². The summed E-state index contributed by atoms with van der Waals surface area (Å²) in [7, 11) is 0. The first-order chi connectivity index (χ1) is 6.84. The zero-order valence-corrected chi connectivity index (χ0v) is 8.11. The molecule has 0 spiro atoms. The molecule has 0 saturated carbocycles. The van der Waals surface area contributed by atoms with Gasteiger partial charge in [0.05, 0.1) is 12.6 Å². The summed E-state index contributed by atoms with van der Waals surface area (Å²) in [5.74, 6) is 0.958. The van der Waals surface area contributed by atoms with E-state index in [-0.39, 0.29) is 6.10 Å². The van der Waals surface area contributed by atoms with Crippen LogP contribution in [0, 0.1) is 0 Å². The molecule has 1 fully saturated rings. The first-order valence-corrected chi connectivity index (χ1v) is 4.94. The zero-order chi connectivity index (χ0) is 9.80. The third-order valence-corrected chi connectivity index (χ3v) is 2.38. The molecule has 5 heteroatoms. The Morgan fingerprint density at radius 1 is 1.64 bits per heavy atom. The van der Waals surface area contributed by atoms with Gasteiger partial charge >= 0.3 is 0 Å². The number of aliphatic hydroxyl groups excluding tert-OH is 1. The van der Waals surface area contributed by atoms with Crippen LogP contribution in [0.5, 0.6) is 0 Å². The molecule has 0 aliphatic carbocycles. The predicted octanol–water partition coefficient (Wildman–Crippen LogP) is -0.824. The van der Waals surface area contributed by atoms with E-state index in [1.165, 1.54) is 0 Å². The van der Waals surface area contributed by atoms with Crippen molar-refractivity contribution in [2.45, 2.75) is 12.6 Å². The molecule has 1 atom stereocenters. The van der Waals surface area contributed by atoms with Crippen molar-refractivity contribution in [2.75, 3.05) is 26.2 Å². The van der Waals surface area contributed by atoms with Crippen LogP contribution in [0.15, 0.2) is 12.4 Å². The maximum atomic E-state index is 9.55. The summed E-state index contributed by atoms with van der Waals surface area (Å²) in [4.78, 5) is 9.43. The molecule has 0 aromatic carbocycles. The summed E-state index contributed by atoms with van der Waals surface area (Å²) in [6, 6.07) is 0. The van der Waals surface area contributed by atoms with Crippen molar-refractivity contribution in [2.24, 2.45) is 0 Å². The number of aromatic amines is 1. The number of nitrogens with zero attached hydrogens (tertiary/aromatic N) is 2. The first kappa shape index (κ1) is 9.64. The molecule has 0 radical (unpaired) electrons. The lowest BCUT2D eigenvalue weighted by Crippen LogP contribution is -2.32. The van der Waals surface area contributed by atoms with Crippen molar-refractivity contribution >= 4 is 0 Å². The summed E-state index contributed by atoms with van der Waals surface area (Å²) >= 11 is 0. The van der Waals surface area contributed by atoms with Gasteiger partial charge in [-0.3, -0.25) is 4.90 Å². The SMILES string of the molecule is OC1CNCCN(Cc2ncc[nH]2)C1. The van der Waals surface area contributed by atoms with Crippen LogP contribution in [0.3, 0.4) is 0 Å². The van der Waals surface area contributed by atoms with Crippen molar-refractivity contribution in [1.29, 1.82) is 0 Å². The van der Waals surface area contributed by atoms with Crippen molar-refractivity contribution < 1.29 is 5.11 Å². The molecular formula is C9H16N4O.